The number of anilines is 1. The third kappa shape index (κ3) is 5.09. The highest BCUT2D eigenvalue weighted by molar-refractivity contribution is 7.14. The molecule has 0 aliphatic carbocycles. The van der Waals surface area contributed by atoms with Gasteiger partial charge < -0.3 is 4.74 Å². The molecule has 0 unspecified atom stereocenters. The van der Waals surface area contributed by atoms with Crippen LogP contribution >= 0.6 is 11.3 Å². The molecule has 1 heterocycles. The molecule has 4 nitrogen and oxygen atoms in total. The molecule has 0 saturated carbocycles. The Balaban J connectivity index is 1.60. The second-order valence-electron chi connectivity index (χ2n) is 5.05. The van der Waals surface area contributed by atoms with Crippen molar-refractivity contribution in [2.24, 2.45) is 5.10 Å². The maximum Gasteiger partial charge on any atom is 0.272 e. The second-order valence-corrected chi connectivity index (χ2v) is 5.91. The number of rotatable bonds is 7. The predicted molar refractivity (Wildman–Crippen MR) is 96.7 cm³/mol. The molecule has 2 aromatic carbocycles. The minimum atomic E-state index is -2.50. The zero-order chi connectivity index (χ0) is 17.5. The van der Waals surface area contributed by atoms with Crippen LogP contribution in [0.15, 0.2) is 65.1 Å². The quantitative estimate of drug-likeness (QED) is 0.482. The van der Waals surface area contributed by atoms with Gasteiger partial charge in [-0.2, -0.15) is 5.10 Å². The monoisotopic (exact) mass is 359 g/mol. The molecule has 1 N–H and O–H groups in total. The molecule has 0 aliphatic heterocycles. The molecule has 1 aromatic heterocycles. The van der Waals surface area contributed by atoms with E-state index in [-0.39, 0.29) is 0 Å². The molecule has 0 bridgehead atoms. The SMILES string of the molecule is FC(F)COc1cccc(C=NNc2nc(-c3ccccc3)cs2)c1. The number of halogens is 2. The molecular formula is C18H15F2N3OS. The van der Waals surface area contributed by atoms with E-state index in [0.29, 0.717) is 10.9 Å². The highest BCUT2D eigenvalue weighted by atomic mass is 32.1. The Labute approximate surface area is 147 Å². The minimum Gasteiger partial charge on any atom is -0.488 e. The van der Waals surface area contributed by atoms with Gasteiger partial charge >= 0.3 is 0 Å². The molecule has 0 saturated heterocycles. The van der Waals surface area contributed by atoms with E-state index in [1.807, 2.05) is 35.7 Å². The van der Waals surface area contributed by atoms with Gasteiger partial charge in [0.15, 0.2) is 0 Å². The molecule has 3 rings (SSSR count). The second kappa shape index (κ2) is 8.34. The molecule has 128 valence electrons. The van der Waals surface area contributed by atoms with Crippen LogP contribution in [0.2, 0.25) is 0 Å². The molecule has 0 amide bonds. The van der Waals surface area contributed by atoms with E-state index in [1.165, 1.54) is 11.3 Å². The van der Waals surface area contributed by atoms with Crippen LogP contribution in [0.25, 0.3) is 11.3 Å². The van der Waals surface area contributed by atoms with Crippen molar-refractivity contribution in [3.05, 3.63) is 65.5 Å². The first-order valence-electron chi connectivity index (χ1n) is 7.52. The molecular weight excluding hydrogens is 344 g/mol. The maximum absolute atomic E-state index is 12.2. The zero-order valence-electron chi connectivity index (χ0n) is 13.1. The van der Waals surface area contributed by atoms with Crippen LogP contribution in [0.3, 0.4) is 0 Å². The van der Waals surface area contributed by atoms with E-state index in [1.54, 1.807) is 30.5 Å². The lowest BCUT2D eigenvalue weighted by Crippen LogP contribution is -2.07. The lowest BCUT2D eigenvalue weighted by Gasteiger charge is -2.05. The van der Waals surface area contributed by atoms with Crippen molar-refractivity contribution in [2.45, 2.75) is 6.43 Å². The topological polar surface area (TPSA) is 46.5 Å². The smallest absolute Gasteiger partial charge is 0.272 e. The van der Waals surface area contributed by atoms with Gasteiger partial charge in [0.1, 0.15) is 12.4 Å². The maximum atomic E-state index is 12.2. The number of hydrazone groups is 1. The summed E-state index contributed by atoms with van der Waals surface area (Å²) >= 11 is 1.45. The zero-order valence-corrected chi connectivity index (χ0v) is 13.9. The molecule has 7 heteroatoms. The Hall–Kier alpha value is -2.80. The van der Waals surface area contributed by atoms with Crippen molar-refractivity contribution in [2.75, 3.05) is 12.0 Å². The number of aromatic nitrogens is 1. The van der Waals surface area contributed by atoms with E-state index in [9.17, 15) is 8.78 Å². The Bertz CT molecular complexity index is 837. The van der Waals surface area contributed by atoms with Crippen LogP contribution in [0.4, 0.5) is 13.9 Å². The summed E-state index contributed by atoms with van der Waals surface area (Å²) in [6.45, 7) is -0.625. The van der Waals surface area contributed by atoms with Gasteiger partial charge in [-0.05, 0) is 17.7 Å². The van der Waals surface area contributed by atoms with Crippen LogP contribution in [0, 0.1) is 0 Å². The van der Waals surface area contributed by atoms with Crippen molar-refractivity contribution in [1.82, 2.24) is 4.98 Å². The number of ether oxygens (including phenoxy) is 1. The van der Waals surface area contributed by atoms with Gasteiger partial charge in [-0.3, -0.25) is 5.43 Å². The van der Waals surface area contributed by atoms with Gasteiger partial charge in [0.25, 0.3) is 6.43 Å². The largest absolute Gasteiger partial charge is 0.488 e. The third-order valence-electron chi connectivity index (χ3n) is 3.18. The number of nitrogens with one attached hydrogen (secondary N) is 1. The lowest BCUT2D eigenvalue weighted by atomic mass is 10.2. The van der Waals surface area contributed by atoms with Crippen molar-refractivity contribution in [3.8, 4) is 17.0 Å². The first kappa shape index (κ1) is 17.0. The highest BCUT2D eigenvalue weighted by Gasteiger charge is 2.04. The first-order chi connectivity index (χ1) is 12.2. The Morgan fingerprint density at radius 2 is 2.00 bits per heavy atom. The first-order valence-corrected chi connectivity index (χ1v) is 8.40. The molecule has 3 aromatic rings. The van der Waals surface area contributed by atoms with Crippen LogP contribution in [-0.4, -0.2) is 24.2 Å². The number of alkyl halides is 2. The molecule has 0 atom stereocenters. The average Bonchev–Trinajstić information content (AvgIpc) is 3.10. The fourth-order valence-electron chi connectivity index (χ4n) is 2.07. The number of benzene rings is 2. The van der Waals surface area contributed by atoms with E-state index in [0.717, 1.165) is 16.8 Å². The lowest BCUT2D eigenvalue weighted by molar-refractivity contribution is 0.0819. The summed E-state index contributed by atoms with van der Waals surface area (Å²) in [5, 5.41) is 6.74. The summed E-state index contributed by atoms with van der Waals surface area (Å²) in [6, 6.07) is 16.7. The molecule has 0 radical (unpaired) electrons. The van der Waals surface area contributed by atoms with Crippen molar-refractivity contribution in [3.63, 3.8) is 0 Å². The third-order valence-corrected chi connectivity index (χ3v) is 3.93. The number of nitrogens with zero attached hydrogens (tertiary/aromatic N) is 2. The van der Waals surface area contributed by atoms with Crippen LogP contribution in [0.5, 0.6) is 5.75 Å². The van der Waals surface area contributed by atoms with Gasteiger partial charge in [-0.25, -0.2) is 13.8 Å². The standard InChI is InChI=1S/C18H15F2N3OS/c19-17(20)11-24-15-8-4-5-13(9-15)10-21-23-18-22-16(12-25-18)14-6-2-1-3-7-14/h1-10,12,17H,11H2,(H,22,23). The van der Waals surface area contributed by atoms with Crippen LogP contribution in [-0.2, 0) is 0 Å². The van der Waals surface area contributed by atoms with Crippen molar-refractivity contribution in [1.29, 1.82) is 0 Å². The van der Waals surface area contributed by atoms with Gasteiger partial charge in [0.05, 0.1) is 11.9 Å². The van der Waals surface area contributed by atoms with Gasteiger partial charge in [-0.1, -0.05) is 42.5 Å². The normalized spacial score (nSPS) is 11.2. The van der Waals surface area contributed by atoms with Crippen LogP contribution in [0.1, 0.15) is 5.56 Å². The molecule has 25 heavy (non-hydrogen) atoms. The van der Waals surface area contributed by atoms with Gasteiger partial charge in [0, 0.05) is 10.9 Å². The fourth-order valence-corrected chi connectivity index (χ4v) is 2.74. The number of hydrogen-bond donors (Lipinski definition) is 1. The van der Waals surface area contributed by atoms with E-state index >= 15 is 0 Å². The fraction of sp³-hybridized carbons (Fsp3) is 0.111. The van der Waals surface area contributed by atoms with Crippen LogP contribution < -0.4 is 10.2 Å². The van der Waals surface area contributed by atoms with E-state index in [4.69, 9.17) is 4.74 Å². The Morgan fingerprint density at radius 1 is 1.16 bits per heavy atom. The molecule has 0 aliphatic rings. The minimum absolute atomic E-state index is 0.380. The van der Waals surface area contributed by atoms with E-state index in [2.05, 4.69) is 15.5 Å². The summed E-state index contributed by atoms with van der Waals surface area (Å²) in [6.07, 6.45) is -0.915. The average molecular weight is 359 g/mol. The number of thiazole rings is 1. The highest BCUT2D eigenvalue weighted by Crippen LogP contribution is 2.24. The summed E-state index contributed by atoms with van der Waals surface area (Å²) in [5.41, 5.74) is 5.53. The summed E-state index contributed by atoms with van der Waals surface area (Å²) in [5.74, 6) is 0.380. The van der Waals surface area contributed by atoms with Crippen molar-refractivity contribution >= 4 is 22.7 Å². The van der Waals surface area contributed by atoms with Gasteiger partial charge in [-0.15, -0.1) is 11.3 Å². The van der Waals surface area contributed by atoms with E-state index < -0.39 is 13.0 Å². The number of hydrogen-bond acceptors (Lipinski definition) is 5. The summed E-state index contributed by atoms with van der Waals surface area (Å²) in [7, 11) is 0. The summed E-state index contributed by atoms with van der Waals surface area (Å²) in [4.78, 5) is 4.46. The van der Waals surface area contributed by atoms with Crippen molar-refractivity contribution < 1.29 is 13.5 Å². The van der Waals surface area contributed by atoms with Gasteiger partial charge in [0.2, 0.25) is 5.13 Å². The predicted octanol–water partition coefficient (Wildman–Crippen LogP) is 4.90. The Morgan fingerprint density at radius 3 is 2.80 bits per heavy atom. The molecule has 0 fully saturated rings. The summed E-state index contributed by atoms with van der Waals surface area (Å²) < 4.78 is 29.3. The Kier molecular flexibility index (Phi) is 5.69. The molecule has 0 spiro atoms.